The Hall–Kier alpha value is -2.76. The first-order chi connectivity index (χ1) is 10.1. The Morgan fingerprint density at radius 2 is 2.05 bits per heavy atom. The summed E-state index contributed by atoms with van der Waals surface area (Å²) in [5.74, 6) is -0.0743. The summed E-state index contributed by atoms with van der Waals surface area (Å²) in [6.45, 7) is 1.94. The van der Waals surface area contributed by atoms with Crippen LogP contribution in [0, 0.1) is 6.92 Å². The van der Waals surface area contributed by atoms with Crippen LogP contribution in [-0.2, 0) is 11.2 Å². The van der Waals surface area contributed by atoms with Gasteiger partial charge in [0.1, 0.15) is 11.4 Å². The summed E-state index contributed by atoms with van der Waals surface area (Å²) in [7, 11) is 1.55. The van der Waals surface area contributed by atoms with Crippen LogP contribution in [0.4, 0.5) is 0 Å². The van der Waals surface area contributed by atoms with E-state index in [1.807, 2.05) is 25.1 Å². The number of methoxy groups -OCH3 is 1. The molecule has 0 unspecified atom stereocenters. The molecule has 3 N–H and O–H groups in total. The van der Waals surface area contributed by atoms with Crippen molar-refractivity contribution in [2.24, 2.45) is 0 Å². The number of aryl methyl sites for hydroxylation is 1. The van der Waals surface area contributed by atoms with Gasteiger partial charge in [-0.15, -0.1) is 0 Å². The lowest BCUT2D eigenvalue weighted by Crippen LogP contribution is -2.42. The molecule has 2 aromatic rings. The Morgan fingerprint density at radius 3 is 2.71 bits per heavy atom. The number of hydrogen-bond acceptors (Lipinski definition) is 3. The van der Waals surface area contributed by atoms with Crippen LogP contribution < -0.4 is 15.6 Å². The number of aromatic nitrogens is 1. The van der Waals surface area contributed by atoms with Gasteiger partial charge in [0.25, 0.3) is 5.91 Å². The molecule has 0 saturated carbocycles. The molecule has 2 rings (SSSR count). The highest BCUT2D eigenvalue weighted by Crippen LogP contribution is 2.19. The van der Waals surface area contributed by atoms with Crippen LogP contribution in [-0.4, -0.2) is 23.9 Å². The van der Waals surface area contributed by atoms with Gasteiger partial charge in [-0.1, -0.05) is 17.7 Å². The molecule has 21 heavy (non-hydrogen) atoms. The summed E-state index contributed by atoms with van der Waals surface area (Å²) in [6.07, 6.45) is 1.75. The van der Waals surface area contributed by atoms with E-state index in [9.17, 15) is 9.59 Å². The standard InChI is InChI=1S/C15H17N3O3/c1-10-5-6-13(21-2)11(8-10)9-14(19)17-18-15(20)12-4-3-7-16-12/h3-8,16H,9H2,1-2H3,(H,17,19)(H,18,20). The smallest absolute Gasteiger partial charge is 0.286 e. The van der Waals surface area contributed by atoms with E-state index in [1.165, 1.54) is 0 Å². The average Bonchev–Trinajstić information content (AvgIpc) is 2.99. The molecular formula is C15H17N3O3. The number of amides is 2. The number of carbonyl (C=O) groups excluding carboxylic acids is 2. The fraction of sp³-hybridized carbons (Fsp3) is 0.200. The number of ether oxygens (including phenoxy) is 1. The third kappa shape index (κ3) is 3.85. The molecule has 0 atom stereocenters. The second-order valence-electron chi connectivity index (χ2n) is 4.58. The molecule has 6 heteroatoms. The Bertz CT molecular complexity index is 636. The second kappa shape index (κ2) is 6.60. The first-order valence-corrected chi connectivity index (χ1v) is 6.46. The van der Waals surface area contributed by atoms with Crippen molar-refractivity contribution in [1.82, 2.24) is 15.8 Å². The maximum absolute atomic E-state index is 11.9. The van der Waals surface area contributed by atoms with Crippen molar-refractivity contribution in [3.63, 3.8) is 0 Å². The van der Waals surface area contributed by atoms with Crippen molar-refractivity contribution < 1.29 is 14.3 Å². The van der Waals surface area contributed by atoms with E-state index in [4.69, 9.17) is 4.74 Å². The highest BCUT2D eigenvalue weighted by molar-refractivity contribution is 5.93. The topological polar surface area (TPSA) is 83.2 Å². The molecule has 0 aliphatic rings. The zero-order valence-electron chi connectivity index (χ0n) is 11.9. The molecule has 0 aliphatic carbocycles. The number of rotatable bonds is 4. The SMILES string of the molecule is COc1ccc(C)cc1CC(=O)NNC(=O)c1ccc[nH]1. The third-order valence-electron chi connectivity index (χ3n) is 2.94. The van der Waals surface area contributed by atoms with Gasteiger partial charge in [0.15, 0.2) is 0 Å². The van der Waals surface area contributed by atoms with Crippen molar-refractivity contribution in [3.05, 3.63) is 53.3 Å². The minimum Gasteiger partial charge on any atom is -0.496 e. The Kier molecular flexibility index (Phi) is 4.61. The fourth-order valence-electron chi connectivity index (χ4n) is 1.93. The highest BCUT2D eigenvalue weighted by atomic mass is 16.5. The summed E-state index contributed by atoms with van der Waals surface area (Å²) >= 11 is 0. The van der Waals surface area contributed by atoms with Gasteiger partial charge < -0.3 is 9.72 Å². The third-order valence-corrected chi connectivity index (χ3v) is 2.94. The molecule has 110 valence electrons. The lowest BCUT2D eigenvalue weighted by molar-refractivity contribution is -0.121. The molecule has 0 spiro atoms. The van der Waals surface area contributed by atoms with Gasteiger partial charge in [0.05, 0.1) is 13.5 Å². The first-order valence-electron chi connectivity index (χ1n) is 6.46. The summed E-state index contributed by atoms with van der Waals surface area (Å²) in [5.41, 5.74) is 6.90. The number of benzene rings is 1. The van der Waals surface area contributed by atoms with Crippen LogP contribution in [0.15, 0.2) is 36.5 Å². The first kappa shape index (κ1) is 14.6. The van der Waals surface area contributed by atoms with E-state index in [-0.39, 0.29) is 12.3 Å². The van der Waals surface area contributed by atoms with E-state index in [1.54, 1.807) is 25.4 Å². The van der Waals surface area contributed by atoms with Crippen LogP contribution in [0.3, 0.4) is 0 Å². The quantitative estimate of drug-likeness (QED) is 0.742. The van der Waals surface area contributed by atoms with Gasteiger partial charge in [-0.25, -0.2) is 0 Å². The minimum absolute atomic E-state index is 0.121. The van der Waals surface area contributed by atoms with Crippen molar-refractivity contribution in [3.8, 4) is 5.75 Å². The number of H-pyrrole nitrogens is 1. The van der Waals surface area contributed by atoms with Gasteiger partial charge in [-0.3, -0.25) is 20.4 Å². The molecule has 1 aromatic carbocycles. The monoisotopic (exact) mass is 287 g/mol. The van der Waals surface area contributed by atoms with E-state index >= 15 is 0 Å². The van der Waals surface area contributed by atoms with Gasteiger partial charge >= 0.3 is 0 Å². The van der Waals surface area contributed by atoms with Crippen molar-refractivity contribution >= 4 is 11.8 Å². The lowest BCUT2D eigenvalue weighted by atomic mass is 10.1. The van der Waals surface area contributed by atoms with Gasteiger partial charge in [-0.05, 0) is 25.1 Å². The number of aromatic amines is 1. The molecule has 0 bridgehead atoms. The van der Waals surface area contributed by atoms with Crippen LogP contribution in [0.2, 0.25) is 0 Å². The molecule has 2 amide bonds. The van der Waals surface area contributed by atoms with E-state index < -0.39 is 5.91 Å². The van der Waals surface area contributed by atoms with Crippen LogP contribution >= 0.6 is 0 Å². The average molecular weight is 287 g/mol. The molecule has 0 fully saturated rings. The van der Waals surface area contributed by atoms with Crippen molar-refractivity contribution in [2.45, 2.75) is 13.3 Å². The fourth-order valence-corrected chi connectivity index (χ4v) is 1.93. The van der Waals surface area contributed by atoms with E-state index in [2.05, 4.69) is 15.8 Å². The number of nitrogens with one attached hydrogen (secondary N) is 3. The van der Waals surface area contributed by atoms with Crippen molar-refractivity contribution in [1.29, 1.82) is 0 Å². The van der Waals surface area contributed by atoms with E-state index in [0.29, 0.717) is 11.4 Å². The number of carbonyl (C=O) groups is 2. The molecule has 0 radical (unpaired) electrons. The number of hydrogen-bond donors (Lipinski definition) is 3. The Labute approximate surface area is 122 Å². The molecule has 1 aromatic heterocycles. The largest absolute Gasteiger partial charge is 0.496 e. The predicted molar refractivity (Wildman–Crippen MR) is 77.8 cm³/mol. The summed E-state index contributed by atoms with van der Waals surface area (Å²) < 4.78 is 5.21. The van der Waals surface area contributed by atoms with Gasteiger partial charge in [-0.2, -0.15) is 0 Å². The van der Waals surface area contributed by atoms with Gasteiger partial charge in [0.2, 0.25) is 5.91 Å². The Morgan fingerprint density at radius 1 is 1.24 bits per heavy atom. The lowest BCUT2D eigenvalue weighted by Gasteiger charge is -2.10. The molecule has 0 aliphatic heterocycles. The molecule has 1 heterocycles. The Balaban J connectivity index is 1.93. The van der Waals surface area contributed by atoms with Gasteiger partial charge in [0, 0.05) is 11.8 Å². The maximum atomic E-state index is 11.9. The normalized spacial score (nSPS) is 10.0. The highest BCUT2D eigenvalue weighted by Gasteiger charge is 2.11. The molecular weight excluding hydrogens is 270 g/mol. The zero-order chi connectivity index (χ0) is 15.2. The van der Waals surface area contributed by atoms with Crippen LogP contribution in [0.1, 0.15) is 21.6 Å². The maximum Gasteiger partial charge on any atom is 0.286 e. The number of hydrazine groups is 1. The minimum atomic E-state index is -0.399. The zero-order valence-corrected chi connectivity index (χ0v) is 11.9. The van der Waals surface area contributed by atoms with Crippen molar-refractivity contribution in [2.75, 3.05) is 7.11 Å². The van der Waals surface area contributed by atoms with Crippen LogP contribution in [0.25, 0.3) is 0 Å². The predicted octanol–water partition coefficient (Wildman–Crippen LogP) is 1.34. The molecule has 6 nitrogen and oxygen atoms in total. The summed E-state index contributed by atoms with van der Waals surface area (Å²) in [4.78, 5) is 26.3. The van der Waals surface area contributed by atoms with E-state index in [0.717, 1.165) is 11.1 Å². The van der Waals surface area contributed by atoms with Crippen LogP contribution in [0.5, 0.6) is 5.75 Å². The summed E-state index contributed by atoms with van der Waals surface area (Å²) in [5, 5.41) is 0. The summed E-state index contributed by atoms with van der Waals surface area (Å²) in [6, 6.07) is 8.92. The molecule has 0 saturated heterocycles. The second-order valence-corrected chi connectivity index (χ2v) is 4.58.